The predicted octanol–water partition coefficient (Wildman–Crippen LogP) is 2.83. The van der Waals surface area contributed by atoms with Crippen molar-refractivity contribution >= 4 is 5.78 Å². The zero-order valence-corrected chi connectivity index (χ0v) is 11.3. The topological polar surface area (TPSA) is 44.8 Å². The highest BCUT2D eigenvalue weighted by molar-refractivity contribution is 5.94. The predicted molar refractivity (Wildman–Crippen MR) is 73.5 cm³/mol. The fourth-order valence-electron chi connectivity index (χ4n) is 1.43. The smallest absolute Gasteiger partial charge is 0.159 e. The molecule has 0 aliphatic heterocycles. The van der Waals surface area contributed by atoms with Crippen LogP contribution in [0.25, 0.3) is 0 Å². The Morgan fingerprint density at radius 1 is 1.16 bits per heavy atom. The van der Waals surface area contributed by atoms with Crippen LogP contribution >= 0.6 is 0 Å². The molecule has 104 valence electrons. The van der Waals surface area contributed by atoms with Crippen LogP contribution in [0.1, 0.15) is 23.7 Å². The number of ether oxygens (including phenoxy) is 3. The molecule has 0 spiro atoms. The molecule has 4 nitrogen and oxygen atoms in total. The van der Waals surface area contributed by atoms with Gasteiger partial charge in [0.05, 0.1) is 19.5 Å². The minimum Gasteiger partial charge on any atom is -0.499 e. The van der Waals surface area contributed by atoms with Crippen LogP contribution in [0.2, 0.25) is 0 Å². The van der Waals surface area contributed by atoms with Gasteiger partial charge in [-0.15, -0.1) is 0 Å². The van der Waals surface area contributed by atoms with Crippen molar-refractivity contribution in [1.82, 2.24) is 0 Å². The molecule has 0 bridgehead atoms. The summed E-state index contributed by atoms with van der Waals surface area (Å²) in [6.07, 6.45) is 2.21. The van der Waals surface area contributed by atoms with Crippen LogP contribution in [0, 0.1) is 0 Å². The number of benzene rings is 1. The first-order valence-electron chi connectivity index (χ1n) is 6.28. The molecule has 0 aromatic heterocycles. The SMILES string of the molecule is C=COCCOCCCOc1ccc(C(C)=O)cc1. The lowest BCUT2D eigenvalue weighted by Crippen LogP contribution is -2.06. The van der Waals surface area contributed by atoms with Crippen LogP contribution in [0.4, 0.5) is 0 Å². The monoisotopic (exact) mass is 264 g/mol. The third-order valence-corrected chi connectivity index (χ3v) is 2.43. The van der Waals surface area contributed by atoms with Crippen molar-refractivity contribution in [2.45, 2.75) is 13.3 Å². The number of ketones is 1. The maximum atomic E-state index is 11.1. The Kier molecular flexibility index (Phi) is 7.35. The van der Waals surface area contributed by atoms with Crippen molar-refractivity contribution in [3.05, 3.63) is 42.7 Å². The summed E-state index contributed by atoms with van der Waals surface area (Å²) in [6, 6.07) is 7.13. The molecule has 1 aromatic rings. The number of Topliss-reactive ketones (excluding diaryl/α,β-unsaturated/α-hetero) is 1. The Hall–Kier alpha value is -1.81. The van der Waals surface area contributed by atoms with Crippen molar-refractivity contribution in [1.29, 1.82) is 0 Å². The zero-order chi connectivity index (χ0) is 13.9. The van der Waals surface area contributed by atoms with Crippen LogP contribution in [0.5, 0.6) is 5.75 Å². The van der Waals surface area contributed by atoms with Gasteiger partial charge < -0.3 is 14.2 Å². The number of rotatable bonds is 10. The molecule has 0 aliphatic carbocycles. The lowest BCUT2D eigenvalue weighted by molar-refractivity contribution is 0.0773. The summed E-state index contributed by atoms with van der Waals surface area (Å²) >= 11 is 0. The molecule has 0 saturated carbocycles. The first kappa shape index (κ1) is 15.2. The van der Waals surface area contributed by atoms with E-state index in [0.717, 1.165) is 12.2 Å². The molecule has 0 atom stereocenters. The maximum absolute atomic E-state index is 11.1. The van der Waals surface area contributed by atoms with Crippen LogP contribution in [0.3, 0.4) is 0 Å². The molecule has 4 heteroatoms. The Morgan fingerprint density at radius 3 is 2.53 bits per heavy atom. The minimum absolute atomic E-state index is 0.0571. The zero-order valence-electron chi connectivity index (χ0n) is 11.3. The van der Waals surface area contributed by atoms with E-state index in [9.17, 15) is 4.79 Å². The van der Waals surface area contributed by atoms with E-state index < -0.39 is 0 Å². The highest BCUT2D eigenvalue weighted by Crippen LogP contribution is 2.12. The first-order chi connectivity index (χ1) is 9.24. The van der Waals surface area contributed by atoms with E-state index >= 15 is 0 Å². The van der Waals surface area contributed by atoms with Crippen molar-refractivity contribution in [3.63, 3.8) is 0 Å². The highest BCUT2D eigenvalue weighted by Gasteiger charge is 1.99. The van der Waals surface area contributed by atoms with Crippen LogP contribution < -0.4 is 4.74 Å². The van der Waals surface area contributed by atoms with Gasteiger partial charge in [0.25, 0.3) is 0 Å². The van der Waals surface area contributed by atoms with Crippen LogP contribution in [-0.4, -0.2) is 32.2 Å². The van der Waals surface area contributed by atoms with E-state index in [1.807, 2.05) is 0 Å². The molecule has 0 aliphatic rings. The summed E-state index contributed by atoms with van der Waals surface area (Å²) in [5.74, 6) is 0.821. The van der Waals surface area contributed by atoms with E-state index in [2.05, 4.69) is 6.58 Å². The summed E-state index contributed by atoms with van der Waals surface area (Å²) in [4.78, 5) is 11.1. The second-order valence-corrected chi connectivity index (χ2v) is 3.93. The molecule has 0 unspecified atom stereocenters. The Morgan fingerprint density at radius 2 is 1.89 bits per heavy atom. The van der Waals surface area contributed by atoms with Crippen molar-refractivity contribution in [2.75, 3.05) is 26.4 Å². The molecular weight excluding hydrogens is 244 g/mol. The van der Waals surface area contributed by atoms with Crippen LogP contribution in [0.15, 0.2) is 37.1 Å². The van der Waals surface area contributed by atoms with E-state index in [4.69, 9.17) is 14.2 Å². The lowest BCUT2D eigenvalue weighted by atomic mass is 10.1. The number of carbonyl (C=O) groups is 1. The number of carbonyl (C=O) groups excluding carboxylic acids is 1. The molecule has 0 radical (unpaired) electrons. The van der Waals surface area contributed by atoms with Gasteiger partial charge in [-0.05, 0) is 31.2 Å². The molecule has 0 amide bonds. The molecule has 1 rings (SSSR count). The van der Waals surface area contributed by atoms with Crippen LogP contribution in [-0.2, 0) is 9.47 Å². The highest BCUT2D eigenvalue weighted by atomic mass is 16.5. The van der Waals surface area contributed by atoms with E-state index in [1.54, 1.807) is 31.2 Å². The quantitative estimate of drug-likeness (QED) is 0.370. The van der Waals surface area contributed by atoms with Gasteiger partial charge in [-0.3, -0.25) is 4.79 Å². The summed E-state index contributed by atoms with van der Waals surface area (Å²) in [6.45, 7) is 7.28. The number of hydrogen-bond donors (Lipinski definition) is 0. The third-order valence-electron chi connectivity index (χ3n) is 2.43. The van der Waals surface area contributed by atoms with Gasteiger partial charge >= 0.3 is 0 Å². The van der Waals surface area contributed by atoms with Crippen molar-refractivity contribution < 1.29 is 19.0 Å². The summed E-state index contributed by atoms with van der Waals surface area (Å²) in [7, 11) is 0. The minimum atomic E-state index is 0.0571. The second kappa shape index (κ2) is 9.16. The van der Waals surface area contributed by atoms with E-state index in [0.29, 0.717) is 32.0 Å². The Bertz CT molecular complexity index is 384. The van der Waals surface area contributed by atoms with Gasteiger partial charge in [-0.2, -0.15) is 0 Å². The summed E-state index contributed by atoms with van der Waals surface area (Å²) in [5, 5.41) is 0. The molecule has 0 heterocycles. The van der Waals surface area contributed by atoms with Crippen molar-refractivity contribution in [2.24, 2.45) is 0 Å². The Balaban J connectivity index is 2.09. The van der Waals surface area contributed by atoms with Gasteiger partial charge in [0.15, 0.2) is 5.78 Å². The van der Waals surface area contributed by atoms with Gasteiger partial charge in [-0.25, -0.2) is 0 Å². The molecule has 1 aromatic carbocycles. The lowest BCUT2D eigenvalue weighted by Gasteiger charge is -2.07. The molecule has 19 heavy (non-hydrogen) atoms. The summed E-state index contributed by atoms with van der Waals surface area (Å²) in [5.41, 5.74) is 0.693. The third kappa shape index (κ3) is 6.62. The fourth-order valence-corrected chi connectivity index (χ4v) is 1.43. The molecule has 0 fully saturated rings. The number of hydrogen-bond acceptors (Lipinski definition) is 4. The second-order valence-electron chi connectivity index (χ2n) is 3.93. The Labute approximate surface area is 114 Å². The average Bonchev–Trinajstić information content (AvgIpc) is 2.42. The maximum Gasteiger partial charge on any atom is 0.159 e. The van der Waals surface area contributed by atoms with Gasteiger partial charge in [0, 0.05) is 18.6 Å². The normalized spacial score (nSPS) is 9.95. The average molecular weight is 264 g/mol. The standard InChI is InChI=1S/C15H20O4/c1-3-17-11-12-18-9-4-10-19-15-7-5-14(6-8-15)13(2)16/h3,5-8H,1,4,9-12H2,2H3. The van der Waals surface area contributed by atoms with E-state index in [-0.39, 0.29) is 5.78 Å². The summed E-state index contributed by atoms with van der Waals surface area (Å²) < 4.78 is 15.8. The molecule has 0 N–H and O–H groups in total. The van der Waals surface area contributed by atoms with Gasteiger partial charge in [0.2, 0.25) is 0 Å². The molecule has 0 saturated heterocycles. The first-order valence-corrected chi connectivity index (χ1v) is 6.28. The van der Waals surface area contributed by atoms with E-state index in [1.165, 1.54) is 6.26 Å². The van der Waals surface area contributed by atoms with Gasteiger partial charge in [-0.1, -0.05) is 6.58 Å². The fraction of sp³-hybridized carbons (Fsp3) is 0.400. The van der Waals surface area contributed by atoms with Crippen molar-refractivity contribution in [3.8, 4) is 5.75 Å². The molecular formula is C15H20O4. The largest absolute Gasteiger partial charge is 0.499 e. The van der Waals surface area contributed by atoms with Gasteiger partial charge in [0.1, 0.15) is 12.4 Å².